The molecular formula is C18H25BN2O5S2. The molecule has 0 aromatic heterocycles. The zero-order valence-electron chi connectivity index (χ0n) is 15.8. The number of amides is 1. The number of carboxylic acids is 1. The standard InChI is InChI=1S/C18H25BN2O5S2/c1-27-10-15(22)21-14-8-12-2-3-13(28-9-11-4-6-20-7-5-11)16(18(23)24)17(12)26-19(14)25/h2-3,11,14,20,25H,4-10H2,1H3,(H,21,22)(H,23,24). The first-order valence-corrected chi connectivity index (χ1v) is 11.7. The lowest BCUT2D eigenvalue weighted by atomic mass is 9.72. The summed E-state index contributed by atoms with van der Waals surface area (Å²) in [5.74, 6) is 0.0800. The molecule has 1 aromatic carbocycles. The third-order valence-corrected chi connectivity index (χ3v) is 6.83. The highest BCUT2D eigenvalue weighted by Gasteiger charge is 2.38. The van der Waals surface area contributed by atoms with Crippen molar-refractivity contribution in [2.24, 2.45) is 5.92 Å². The first-order valence-electron chi connectivity index (χ1n) is 9.35. The molecule has 1 aromatic rings. The summed E-state index contributed by atoms with van der Waals surface area (Å²) in [7, 11) is -1.28. The van der Waals surface area contributed by atoms with Gasteiger partial charge in [-0.3, -0.25) is 4.79 Å². The number of fused-ring (bicyclic) bond motifs is 1. The smallest absolute Gasteiger partial charge is 0.534 e. The van der Waals surface area contributed by atoms with E-state index in [9.17, 15) is 19.7 Å². The van der Waals surface area contributed by atoms with Crippen LogP contribution in [0.3, 0.4) is 0 Å². The monoisotopic (exact) mass is 424 g/mol. The van der Waals surface area contributed by atoms with Crippen molar-refractivity contribution in [3.63, 3.8) is 0 Å². The SMILES string of the molecule is CSCC(=O)NC1Cc2ccc(SCC3CCNCC3)c(C(=O)O)c2OB1O. The van der Waals surface area contributed by atoms with Crippen molar-refractivity contribution in [1.29, 1.82) is 0 Å². The maximum Gasteiger partial charge on any atom is 0.547 e. The highest BCUT2D eigenvalue weighted by molar-refractivity contribution is 7.99. The normalized spacial score (nSPS) is 19.6. The molecule has 1 saturated heterocycles. The largest absolute Gasteiger partial charge is 0.547 e. The number of nitrogens with one attached hydrogen (secondary N) is 2. The van der Waals surface area contributed by atoms with Crippen molar-refractivity contribution in [2.45, 2.75) is 30.1 Å². The Kier molecular flexibility index (Phi) is 7.56. The van der Waals surface area contributed by atoms with Gasteiger partial charge in [-0.25, -0.2) is 4.79 Å². The van der Waals surface area contributed by atoms with Crippen molar-refractivity contribution < 1.29 is 24.4 Å². The molecule has 152 valence electrons. The van der Waals surface area contributed by atoms with Gasteiger partial charge in [0.15, 0.2) is 0 Å². The van der Waals surface area contributed by atoms with Crippen LogP contribution in [0.5, 0.6) is 5.75 Å². The predicted molar refractivity (Wildman–Crippen MR) is 112 cm³/mol. The first-order chi connectivity index (χ1) is 13.5. The van der Waals surface area contributed by atoms with Crippen LogP contribution in [0.25, 0.3) is 0 Å². The van der Waals surface area contributed by atoms with Gasteiger partial charge in [-0.2, -0.15) is 11.8 Å². The van der Waals surface area contributed by atoms with E-state index in [0.717, 1.165) is 31.7 Å². The molecule has 1 unspecified atom stereocenters. The van der Waals surface area contributed by atoms with E-state index >= 15 is 0 Å². The molecule has 10 heteroatoms. The summed E-state index contributed by atoms with van der Waals surface area (Å²) >= 11 is 2.92. The maximum absolute atomic E-state index is 11.9. The number of hydrogen-bond donors (Lipinski definition) is 4. The third kappa shape index (κ3) is 5.17. The van der Waals surface area contributed by atoms with Crippen LogP contribution in [0.1, 0.15) is 28.8 Å². The minimum Gasteiger partial charge on any atom is -0.534 e. The van der Waals surface area contributed by atoms with Gasteiger partial charge in [-0.1, -0.05) is 6.07 Å². The number of aromatic carboxylic acids is 1. The van der Waals surface area contributed by atoms with Crippen LogP contribution in [0.4, 0.5) is 0 Å². The van der Waals surface area contributed by atoms with Crippen LogP contribution in [-0.4, -0.2) is 65.9 Å². The summed E-state index contributed by atoms with van der Waals surface area (Å²) in [6, 6.07) is 3.65. The number of carboxylic acid groups (broad SMARTS) is 1. The van der Waals surface area contributed by atoms with Crippen LogP contribution in [-0.2, 0) is 11.2 Å². The highest BCUT2D eigenvalue weighted by atomic mass is 32.2. The Bertz CT molecular complexity index is 730. The number of thioether (sulfide) groups is 2. The van der Waals surface area contributed by atoms with Crippen molar-refractivity contribution in [3.05, 3.63) is 23.3 Å². The van der Waals surface area contributed by atoms with Gasteiger partial charge >= 0.3 is 13.1 Å². The number of rotatable bonds is 7. The van der Waals surface area contributed by atoms with Gasteiger partial charge in [-0.05, 0) is 56.2 Å². The quantitative estimate of drug-likeness (QED) is 0.383. The van der Waals surface area contributed by atoms with Crippen molar-refractivity contribution >= 4 is 42.5 Å². The zero-order valence-corrected chi connectivity index (χ0v) is 17.4. The molecule has 2 aliphatic rings. The molecule has 3 rings (SSSR count). The predicted octanol–water partition coefficient (Wildman–Crippen LogP) is 1.28. The van der Waals surface area contributed by atoms with E-state index in [1.807, 2.05) is 18.4 Å². The molecule has 1 amide bonds. The number of benzene rings is 1. The Morgan fingerprint density at radius 2 is 2.11 bits per heavy atom. The number of carbonyl (C=O) groups excluding carboxylic acids is 1. The molecule has 4 N–H and O–H groups in total. The Hall–Kier alpha value is -1.36. The van der Waals surface area contributed by atoms with Gasteiger partial charge in [-0.15, -0.1) is 11.8 Å². The molecule has 1 fully saturated rings. The second-order valence-corrected chi connectivity index (χ2v) is 8.98. The lowest BCUT2D eigenvalue weighted by Crippen LogP contribution is -2.53. The minimum atomic E-state index is -1.28. The second-order valence-electron chi connectivity index (χ2n) is 7.06. The van der Waals surface area contributed by atoms with Gasteiger partial charge < -0.3 is 25.4 Å². The average Bonchev–Trinajstić information content (AvgIpc) is 2.67. The average molecular weight is 424 g/mol. The summed E-state index contributed by atoms with van der Waals surface area (Å²) in [6.45, 7) is 2.00. The summed E-state index contributed by atoms with van der Waals surface area (Å²) < 4.78 is 5.58. The molecule has 0 bridgehead atoms. The molecule has 1 atom stereocenters. The molecule has 2 aliphatic heterocycles. The molecule has 0 radical (unpaired) electrons. The van der Waals surface area contributed by atoms with E-state index in [1.165, 1.54) is 23.5 Å². The van der Waals surface area contributed by atoms with E-state index in [1.54, 1.807) is 0 Å². The Labute approximate surface area is 173 Å². The fourth-order valence-corrected chi connectivity index (χ4v) is 5.11. The van der Waals surface area contributed by atoms with Crippen LogP contribution in [0, 0.1) is 5.92 Å². The van der Waals surface area contributed by atoms with E-state index < -0.39 is 19.0 Å². The molecule has 28 heavy (non-hydrogen) atoms. The second kappa shape index (κ2) is 9.91. The topological polar surface area (TPSA) is 108 Å². The van der Waals surface area contributed by atoms with Gasteiger partial charge in [0.25, 0.3) is 0 Å². The lowest BCUT2D eigenvalue weighted by molar-refractivity contribution is -0.118. The number of carbonyl (C=O) groups is 2. The molecule has 0 spiro atoms. The summed E-state index contributed by atoms with van der Waals surface area (Å²) in [6.07, 6.45) is 4.33. The molecule has 0 aliphatic carbocycles. The van der Waals surface area contributed by atoms with Crippen molar-refractivity contribution in [2.75, 3.05) is 30.9 Å². The van der Waals surface area contributed by atoms with Gasteiger partial charge in [0.2, 0.25) is 5.91 Å². The maximum atomic E-state index is 11.9. The van der Waals surface area contributed by atoms with Crippen LogP contribution < -0.4 is 15.3 Å². The van der Waals surface area contributed by atoms with Crippen LogP contribution >= 0.6 is 23.5 Å². The summed E-state index contributed by atoms with van der Waals surface area (Å²) in [5, 5.41) is 26.2. The van der Waals surface area contributed by atoms with Crippen molar-refractivity contribution in [1.82, 2.24) is 10.6 Å². The number of piperidine rings is 1. The molecular weight excluding hydrogens is 399 g/mol. The Morgan fingerprint density at radius 3 is 2.79 bits per heavy atom. The lowest BCUT2D eigenvalue weighted by Gasteiger charge is -2.30. The van der Waals surface area contributed by atoms with Crippen LogP contribution in [0.2, 0.25) is 0 Å². The van der Waals surface area contributed by atoms with Crippen LogP contribution in [0.15, 0.2) is 17.0 Å². The zero-order chi connectivity index (χ0) is 20.1. The van der Waals surface area contributed by atoms with Gasteiger partial charge in [0, 0.05) is 10.6 Å². The van der Waals surface area contributed by atoms with Crippen molar-refractivity contribution in [3.8, 4) is 5.75 Å². The van der Waals surface area contributed by atoms with Gasteiger partial charge in [0.05, 0.1) is 11.7 Å². The van der Waals surface area contributed by atoms with E-state index in [-0.39, 0.29) is 17.2 Å². The Morgan fingerprint density at radius 1 is 1.36 bits per heavy atom. The fraction of sp³-hybridized carbons (Fsp3) is 0.556. The van der Waals surface area contributed by atoms with Gasteiger partial charge in [0.1, 0.15) is 11.3 Å². The summed E-state index contributed by atoms with van der Waals surface area (Å²) in [4.78, 5) is 24.4. The van der Waals surface area contributed by atoms with E-state index in [2.05, 4.69) is 10.6 Å². The van der Waals surface area contributed by atoms with E-state index in [4.69, 9.17) is 4.65 Å². The molecule has 2 heterocycles. The third-order valence-electron chi connectivity index (χ3n) is 4.99. The Balaban J connectivity index is 1.76. The highest BCUT2D eigenvalue weighted by Crippen LogP contribution is 2.38. The fourth-order valence-electron chi connectivity index (χ4n) is 3.52. The number of hydrogen-bond acceptors (Lipinski definition) is 7. The summed E-state index contributed by atoms with van der Waals surface area (Å²) in [5.41, 5.74) is 0.785. The molecule has 0 saturated carbocycles. The first kappa shape index (κ1) is 21.4. The molecule has 7 nitrogen and oxygen atoms in total. The van der Waals surface area contributed by atoms with E-state index in [0.29, 0.717) is 28.6 Å². The minimum absolute atomic E-state index is 0.101.